The van der Waals surface area contributed by atoms with Gasteiger partial charge in [-0.3, -0.25) is 9.59 Å². The summed E-state index contributed by atoms with van der Waals surface area (Å²) in [5, 5.41) is 3.73. The lowest BCUT2D eigenvalue weighted by molar-refractivity contribution is 0.0124. The van der Waals surface area contributed by atoms with Gasteiger partial charge in [-0.25, -0.2) is 0 Å². The van der Waals surface area contributed by atoms with E-state index in [-0.39, 0.29) is 22.9 Å². The fourth-order valence-electron chi connectivity index (χ4n) is 2.76. The van der Waals surface area contributed by atoms with Gasteiger partial charge in [-0.05, 0) is 19.4 Å². The van der Waals surface area contributed by atoms with Crippen LogP contribution in [0, 0.1) is 0 Å². The molecule has 1 aromatic carbocycles. The summed E-state index contributed by atoms with van der Waals surface area (Å²) in [5.41, 5.74) is 8.78. The Labute approximate surface area is 134 Å². The fourth-order valence-corrected chi connectivity index (χ4v) is 3.22. The van der Waals surface area contributed by atoms with Crippen LogP contribution in [0.1, 0.15) is 34.6 Å². The predicted molar refractivity (Wildman–Crippen MR) is 82.9 cm³/mol. The molecule has 0 radical (unpaired) electrons. The minimum absolute atomic E-state index is 0.0122. The van der Waals surface area contributed by atoms with Gasteiger partial charge in [0.25, 0.3) is 0 Å². The van der Waals surface area contributed by atoms with Gasteiger partial charge in [0.05, 0.1) is 16.4 Å². The maximum atomic E-state index is 12.7. The first-order valence-electron chi connectivity index (χ1n) is 6.68. The van der Waals surface area contributed by atoms with Crippen LogP contribution in [0.3, 0.4) is 0 Å². The number of carbonyl (C=O) groups is 2. The molecule has 112 valence electrons. The van der Waals surface area contributed by atoms with E-state index in [1.807, 2.05) is 0 Å². The molecule has 1 aliphatic carbocycles. The number of azide groups is 1. The van der Waals surface area contributed by atoms with Crippen molar-refractivity contribution in [3.8, 4) is 0 Å². The lowest BCUT2D eigenvalue weighted by Gasteiger charge is -2.42. The van der Waals surface area contributed by atoms with Gasteiger partial charge < -0.3 is 4.74 Å². The van der Waals surface area contributed by atoms with E-state index in [1.165, 1.54) is 0 Å². The van der Waals surface area contributed by atoms with Gasteiger partial charge in [-0.15, -0.1) is 0 Å². The van der Waals surface area contributed by atoms with Crippen molar-refractivity contribution < 1.29 is 14.3 Å². The number of ether oxygens (including phenoxy) is 1. The van der Waals surface area contributed by atoms with Gasteiger partial charge in [0.15, 0.2) is 11.5 Å². The summed E-state index contributed by atoms with van der Waals surface area (Å²) in [5.74, 6) is -0.694. The van der Waals surface area contributed by atoms with E-state index < -0.39 is 16.5 Å². The highest BCUT2D eigenvalue weighted by Gasteiger charge is 2.49. The molecule has 0 saturated carbocycles. The Morgan fingerprint density at radius 3 is 2.41 bits per heavy atom. The zero-order valence-corrected chi connectivity index (χ0v) is 13.5. The van der Waals surface area contributed by atoms with Crippen molar-refractivity contribution in [1.29, 1.82) is 0 Å². The second-order valence-electron chi connectivity index (χ2n) is 5.70. The molecule has 7 heteroatoms. The first-order valence-corrected chi connectivity index (χ1v) is 7.60. The van der Waals surface area contributed by atoms with Crippen LogP contribution in [0.2, 0.25) is 0 Å². The molecule has 0 bridgehead atoms. The predicted octanol–water partition coefficient (Wildman–Crippen LogP) is 3.57. The number of alkyl halides is 1. The third-order valence-electron chi connectivity index (χ3n) is 3.89. The molecule has 0 aromatic heterocycles. The van der Waals surface area contributed by atoms with Crippen LogP contribution >= 0.6 is 15.9 Å². The summed E-state index contributed by atoms with van der Waals surface area (Å²) >= 11 is 3.44. The molecule has 0 saturated heterocycles. The standard InChI is InChI=1S/C15H12BrN3O3/c1-15(2)14(16)10(18-19-17)9-11(20)7-5-3-4-6-8(7)12(21)13(9)22-15/h3-6,10,14H,1-2H3/t10-,14+/m1/s1. The number of carbonyl (C=O) groups excluding carboxylic acids is 2. The lowest BCUT2D eigenvalue weighted by atomic mass is 9.79. The van der Waals surface area contributed by atoms with Crippen LogP contribution in [0.5, 0.6) is 0 Å². The largest absolute Gasteiger partial charge is 0.482 e. The van der Waals surface area contributed by atoms with Gasteiger partial charge in [0, 0.05) is 16.0 Å². The average molecular weight is 362 g/mol. The van der Waals surface area contributed by atoms with Gasteiger partial charge in [-0.1, -0.05) is 45.3 Å². The van der Waals surface area contributed by atoms with Crippen LogP contribution in [-0.4, -0.2) is 28.0 Å². The molecular weight excluding hydrogens is 350 g/mol. The van der Waals surface area contributed by atoms with Crippen LogP contribution in [0.15, 0.2) is 40.7 Å². The number of ketones is 2. The number of fused-ring (bicyclic) bond motifs is 1. The highest BCUT2D eigenvalue weighted by atomic mass is 79.9. The number of halogens is 1. The molecule has 0 unspecified atom stereocenters. The fraction of sp³-hybridized carbons (Fsp3) is 0.333. The number of hydrogen-bond acceptors (Lipinski definition) is 4. The molecule has 1 aromatic rings. The molecule has 22 heavy (non-hydrogen) atoms. The normalized spacial score (nSPS) is 25.8. The van der Waals surface area contributed by atoms with Crippen molar-refractivity contribution in [2.75, 3.05) is 0 Å². The highest BCUT2D eigenvalue weighted by Crippen LogP contribution is 2.42. The van der Waals surface area contributed by atoms with Crippen LogP contribution < -0.4 is 0 Å². The van der Waals surface area contributed by atoms with E-state index in [0.717, 1.165) is 0 Å². The SMILES string of the molecule is CC1(C)OC2=C(C(=O)c3ccccc3C2=O)[C@@H](N=[N+]=[N-])[C@@H]1Br. The zero-order chi connectivity index (χ0) is 16.1. The topological polar surface area (TPSA) is 92.1 Å². The molecule has 0 fully saturated rings. The number of benzene rings is 1. The van der Waals surface area contributed by atoms with Gasteiger partial charge in [0.2, 0.25) is 5.78 Å². The van der Waals surface area contributed by atoms with E-state index in [1.54, 1.807) is 38.1 Å². The molecule has 6 nitrogen and oxygen atoms in total. The van der Waals surface area contributed by atoms with Crippen molar-refractivity contribution in [1.82, 2.24) is 0 Å². The lowest BCUT2D eigenvalue weighted by Crippen LogP contribution is -2.50. The molecule has 1 aliphatic heterocycles. The number of allylic oxidation sites excluding steroid dienone is 1. The first kappa shape index (κ1) is 14.8. The molecule has 2 atom stereocenters. The second-order valence-corrected chi connectivity index (χ2v) is 6.69. The Bertz CT molecular complexity index is 778. The Morgan fingerprint density at radius 1 is 1.23 bits per heavy atom. The zero-order valence-electron chi connectivity index (χ0n) is 11.9. The smallest absolute Gasteiger partial charge is 0.228 e. The van der Waals surface area contributed by atoms with Crippen molar-refractivity contribution in [3.05, 3.63) is 57.2 Å². The van der Waals surface area contributed by atoms with Crippen LogP contribution in [0.4, 0.5) is 0 Å². The molecule has 0 amide bonds. The van der Waals surface area contributed by atoms with Crippen molar-refractivity contribution >= 4 is 27.5 Å². The number of rotatable bonds is 1. The summed E-state index contributed by atoms with van der Waals surface area (Å²) < 4.78 is 5.79. The monoisotopic (exact) mass is 361 g/mol. The van der Waals surface area contributed by atoms with E-state index in [0.29, 0.717) is 11.1 Å². The van der Waals surface area contributed by atoms with Crippen molar-refractivity contribution in [3.63, 3.8) is 0 Å². The van der Waals surface area contributed by atoms with Crippen molar-refractivity contribution in [2.45, 2.75) is 30.3 Å². The molecule has 0 N–H and O–H groups in total. The third kappa shape index (κ3) is 1.97. The second kappa shape index (κ2) is 4.97. The quantitative estimate of drug-likeness (QED) is 0.331. The Hall–Kier alpha value is -2.11. The number of hydrogen-bond donors (Lipinski definition) is 0. The molecule has 1 heterocycles. The van der Waals surface area contributed by atoms with Gasteiger partial charge in [-0.2, -0.15) is 0 Å². The van der Waals surface area contributed by atoms with E-state index in [2.05, 4.69) is 26.0 Å². The summed E-state index contributed by atoms with van der Waals surface area (Å²) in [7, 11) is 0. The molecule has 3 rings (SSSR count). The maximum absolute atomic E-state index is 12.7. The Morgan fingerprint density at radius 2 is 1.82 bits per heavy atom. The van der Waals surface area contributed by atoms with E-state index in [9.17, 15) is 9.59 Å². The molecule has 0 spiro atoms. The average Bonchev–Trinajstić information content (AvgIpc) is 2.49. The third-order valence-corrected chi connectivity index (χ3v) is 5.49. The van der Waals surface area contributed by atoms with Crippen LogP contribution in [-0.2, 0) is 4.74 Å². The summed E-state index contributed by atoms with van der Waals surface area (Å²) in [6, 6.07) is 5.78. The number of nitrogens with zero attached hydrogens (tertiary/aromatic N) is 3. The minimum atomic E-state index is -0.798. The highest BCUT2D eigenvalue weighted by molar-refractivity contribution is 9.09. The number of Topliss-reactive ketones (excluding diaryl/α,β-unsaturated/α-hetero) is 2. The Balaban J connectivity index is 2.26. The maximum Gasteiger partial charge on any atom is 0.228 e. The van der Waals surface area contributed by atoms with Crippen molar-refractivity contribution in [2.24, 2.45) is 5.11 Å². The van der Waals surface area contributed by atoms with E-state index in [4.69, 9.17) is 10.3 Å². The minimum Gasteiger partial charge on any atom is -0.482 e. The first-order chi connectivity index (χ1) is 10.4. The van der Waals surface area contributed by atoms with Gasteiger partial charge in [0.1, 0.15) is 5.60 Å². The summed E-state index contributed by atoms with van der Waals surface area (Å²) in [4.78, 5) is 27.8. The molecular formula is C15H12BrN3O3. The summed E-state index contributed by atoms with van der Waals surface area (Å²) in [6.45, 7) is 3.54. The molecule has 2 aliphatic rings. The summed E-state index contributed by atoms with van der Waals surface area (Å²) in [6.07, 6.45) is 0. The Kier molecular flexibility index (Phi) is 3.34. The van der Waals surface area contributed by atoms with Gasteiger partial charge >= 0.3 is 0 Å². The van der Waals surface area contributed by atoms with E-state index >= 15 is 0 Å². The van der Waals surface area contributed by atoms with Crippen LogP contribution in [0.25, 0.3) is 10.4 Å².